The Balaban J connectivity index is 1.40. The number of ether oxygens (including phenoxy) is 1. The second-order valence-electron chi connectivity index (χ2n) is 7.69. The number of nitrogens with zero attached hydrogens (tertiary/aromatic N) is 3. The first-order valence-corrected chi connectivity index (χ1v) is 10.5. The predicted octanol–water partition coefficient (Wildman–Crippen LogP) is 0.510. The Kier molecular flexibility index (Phi) is 6.39. The second kappa shape index (κ2) is 9.36. The van der Waals surface area contributed by atoms with Crippen LogP contribution in [0.5, 0.6) is 0 Å². The molecule has 0 aliphatic carbocycles. The molecule has 2 aliphatic rings. The Bertz CT molecular complexity index is 997. The van der Waals surface area contributed by atoms with Crippen molar-refractivity contribution in [2.75, 3.05) is 44.7 Å². The Hall–Kier alpha value is -2.78. The maximum atomic E-state index is 12.9. The van der Waals surface area contributed by atoms with E-state index in [0.29, 0.717) is 49.4 Å². The van der Waals surface area contributed by atoms with Crippen LogP contribution in [0.2, 0.25) is 0 Å². The number of nitrogens with one attached hydrogen (secondary N) is 2. The van der Waals surface area contributed by atoms with Gasteiger partial charge in [0, 0.05) is 44.8 Å². The lowest BCUT2D eigenvalue weighted by atomic mass is 10.2. The van der Waals surface area contributed by atoms with Crippen molar-refractivity contribution in [2.24, 2.45) is 0 Å². The molecule has 4 rings (SSSR count). The predicted molar refractivity (Wildman–Crippen MR) is 112 cm³/mol. The van der Waals surface area contributed by atoms with Crippen LogP contribution in [0.1, 0.15) is 25.1 Å². The van der Waals surface area contributed by atoms with Crippen LogP contribution < -0.4 is 16.2 Å². The van der Waals surface area contributed by atoms with Crippen LogP contribution in [-0.2, 0) is 27.3 Å². The number of benzene rings is 1. The molecule has 3 heterocycles. The van der Waals surface area contributed by atoms with Gasteiger partial charge in [0.25, 0.3) is 5.56 Å². The standard InChI is InChI=1S/C21H27N5O4/c27-19(22-7-9-25-10-12-30-13-11-25)20(28)23-15-5-6-17-16(14-15)21(29)26-8-3-1-2-4-18(26)24-17/h5-6,14H,1-4,7-13H2,(H,22,27)(H,23,28). The number of anilines is 1. The Labute approximate surface area is 174 Å². The molecule has 1 saturated heterocycles. The van der Waals surface area contributed by atoms with Gasteiger partial charge in [-0.1, -0.05) is 6.42 Å². The van der Waals surface area contributed by atoms with Crippen LogP contribution >= 0.6 is 0 Å². The topological polar surface area (TPSA) is 106 Å². The van der Waals surface area contributed by atoms with Gasteiger partial charge in [-0.2, -0.15) is 0 Å². The summed E-state index contributed by atoms with van der Waals surface area (Å²) in [6.07, 6.45) is 3.88. The summed E-state index contributed by atoms with van der Waals surface area (Å²) in [6, 6.07) is 4.98. The van der Waals surface area contributed by atoms with Crippen LogP contribution in [0.15, 0.2) is 23.0 Å². The van der Waals surface area contributed by atoms with E-state index in [9.17, 15) is 14.4 Å². The van der Waals surface area contributed by atoms with Gasteiger partial charge >= 0.3 is 11.8 Å². The molecule has 0 radical (unpaired) electrons. The molecule has 0 atom stereocenters. The number of fused-ring (bicyclic) bond motifs is 2. The molecule has 0 bridgehead atoms. The van der Waals surface area contributed by atoms with Crippen LogP contribution in [-0.4, -0.2) is 65.7 Å². The lowest BCUT2D eigenvalue weighted by Crippen LogP contribution is -2.43. The first kappa shape index (κ1) is 20.5. The number of carbonyl (C=O) groups excluding carboxylic acids is 2. The highest BCUT2D eigenvalue weighted by Gasteiger charge is 2.17. The average Bonchev–Trinajstić information content (AvgIpc) is 3.01. The average molecular weight is 413 g/mol. The van der Waals surface area contributed by atoms with Crippen molar-refractivity contribution in [2.45, 2.75) is 32.2 Å². The molecule has 30 heavy (non-hydrogen) atoms. The largest absolute Gasteiger partial charge is 0.379 e. The van der Waals surface area contributed by atoms with E-state index in [1.807, 2.05) is 0 Å². The molecule has 1 aromatic carbocycles. The number of hydrogen-bond acceptors (Lipinski definition) is 6. The second-order valence-corrected chi connectivity index (χ2v) is 7.69. The smallest absolute Gasteiger partial charge is 0.313 e. The van der Waals surface area contributed by atoms with E-state index in [0.717, 1.165) is 44.6 Å². The molecule has 0 spiro atoms. The van der Waals surface area contributed by atoms with E-state index in [-0.39, 0.29) is 5.56 Å². The summed E-state index contributed by atoms with van der Waals surface area (Å²) in [5, 5.41) is 5.67. The van der Waals surface area contributed by atoms with E-state index in [1.54, 1.807) is 22.8 Å². The third-order valence-electron chi connectivity index (χ3n) is 5.60. The quantitative estimate of drug-likeness (QED) is 0.708. The van der Waals surface area contributed by atoms with Crippen LogP contribution in [0.25, 0.3) is 10.9 Å². The molecule has 0 saturated carbocycles. The van der Waals surface area contributed by atoms with Gasteiger partial charge in [-0.05, 0) is 31.0 Å². The minimum Gasteiger partial charge on any atom is -0.379 e. The van der Waals surface area contributed by atoms with Crippen LogP contribution in [0.3, 0.4) is 0 Å². The number of aromatic nitrogens is 2. The van der Waals surface area contributed by atoms with Crippen molar-refractivity contribution >= 4 is 28.4 Å². The fourth-order valence-electron chi connectivity index (χ4n) is 3.92. The maximum absolute atomic E-state index is 12.9. The molecule has 9 nitrogen and oxygen atoms in total. The van der Waals surface area contributed by atoms with E-state index in [1.165, 1.54) is 0 Å². The fraction of sp³-hybridized carbons (Fsp3) is 0.524. The summed E-state index contributed by atoms with van der Waals surface area (Å²) in [6.45, 7) is 4.76. The summed E-state index contributed by atoms with van der Waals surface area (Å²) in [5.74, 6) is -0.624. The zero-order valence-electron chi connectivity index (χ0n) is 17.0. The molecule has 0 unspecified atom stereocenters. The van der Waals surface area contributed by atoms with Gasteiger partial charge in [0.1, 0.15) is 5.82 Å². The Morgan fingerprint density at radius 1 is 1.07 bits per heavy atom. The number of carbonyl (C=O) groups is 2. The minimum atomic E-state index is -0.751. The van der Waals surface area contributed by atoms with Gasteiger partial charge in [-0.15, -0.1) is 0 Å². The summed E-state index contributed by atoms with van der Waals surface area (Å²) in [5.41, 5.74) is 0.924. The zero-order valence-corrected chi connectivity index (χ0v) is 17.0. The van der Waals surface area contributed by atoms with E-state index >= 15 is 0 Å². The normalized spacial score (nSPS) is 17.2. The number of morpholine rings is 1. The lowest BCUT2D eigenvalue weighted by Gasteiger charge is -2.26. The van der Waals surface area contributed by atoms with Crippen molar-refractivity contribution in [3.05, 3.63) is 34.4 Å². The first-order valence-electron chi connectivity index (χ1n) is 10.5. The molecule has 9 heteroatoms. The lowest BCUT2D eigenvalue weighted by molar-refractivity contribution is -0.136. The number of amides is 2. The molecular formula is C21H27N5O4. The summed E-state index contributed by atoms with van der Waals surface area (Å²) in [4.78, 5) is 44.1. The molecule has 2 N–H and O–H groups in total. The highest BCUT2D eigenvalue weighted by Crippen LogP contribution is 2.18. The monoisotopic (exact) mass is 413 g/mol. The van der Waals surface area contributed by atoms with Gasteiger partial charge in [0.15, 0.2) is 0 Å². The highest BCUT2D eigenvalue weighted by molar-refractivity contribution is 6.39. The van der Waals surface area contributed by atoms with Crippen LogP contribution in [0, 0.1) is 0 Å². The number of hydrogen-bond donors (Lipinski definition) is 2. The van der Waals surface area contributed by atoms with Crippen molar-refractivity contribution in [3.63, 3.8) is 0 Å². The molecule has 2 aliphatic heterocycles. The summed E-state index contributed by atoms with van der Waals surface area (Å²) >= 11 is 0. The van der Waals surface area contributed by atoms with Gasteiger partial charge in [-0.25, -0.2) is 4.98 Å². The fourth-order valence-corrected chi connectivity index (χ4v) is 3.92. The van der Waals surface area contributed by atoms with Crippen molar-refractivity contribution in [3.8, 4) is 0 Å². The van der Waals surface area contributed by atoms with Crippen molar-refractivity contribution in [1.82, 2.24) is 19.8 Å². The maximum Gasteiger partial charge on any atom is 0.313 e. The number of aryl methyl sites for hydroxylation is 1. The van der Waals surface area contributed by atoms with Crippen molar-refractivity contribution in [1.29, 1.82) is 0 Å². The molecule has 2 amide bonds. The third-order valence-corrected chi connectivity index (χ3v) is 5.60. The van der Waals surface area contributed by atoms with Gasteiger partial charge < -0.3 is 15.4 Å². The highest BCUT2D eigenvalue weighted by atomic mass is 16.5. The zero-order chi connectivity index (χ0) is 20.9. The summed E-state index contributed by atoms with van der Waals surface area (Å²) < 4.78 is 7.02. The molecule has 160 valence electrons. The molecule has 1 aromatic heterocycles. The molecular weight excluding hydrogens is 386 g/mol. The van der Waals surface area contributed by atoms with E-state index in [4.69, 9.17) is 4.74 Å². The molecule has 2 aromatic rings. The van der Waals surface area contributed by atoms with Crippen LogP contribution in [0.4, 0.5) is 5.69 Å². The Morgan fingerprint density at radius 2 is 1.90 bits per heavy atom. The summed E-state index contributed by atoms with van der Waals surface area (Å²) in [7, 11) is 0. The number of rotatable bonds is 4. The van der Waals surface area contributed by atoms with Gasteiger partial charge in [0.2, 0.25) is 0 Å². The van der Waals surface area contributed by atoms with Gasteiger partial charge in [0.05, 0.1) is 24.1 Å². The SMILES string of the molecule is O=C(NCCN1CCOCC1)C(=O)Nc1ccc2nc3n(c(=O)c2c1)CCCCC3. The third kappa shape index (κ3) is 4.68. The van der Waals surface area contributed by atoms with E-state index < -0.39 is 11.8 Å². The van der Waals surface area contributed by atoms with Crippen molar-refractivity contribution < 1.29 is 14.3 Å². The minimum absolute atomic E-state index is 0.0945. The first-order chi connectivity index (χ1) is 14.6. The van der Waals surface area contributed by atoms with Gasteiger partial charge in [-0.3, -0.25) is 23.9 Å². The molecule has 1 fully saturated rings. The van der Waals surface area contributed by atoms with E-state index in [2.05, 4.69) is 20.5 Å². The Morgan fingerprint density at radius 3 is 2.73 bits per heavy atom.